The molecule has 4 aromatic rings. The number of aromatic nitrogens is 4. The third-order valence-corrected chi connectivity index (χ3v) is 8.91. The van der Waals surface area contributed by atoms with Gasteiger partial charge in [-0.25, -0.2) is 23.1 Å². The zero-order valence-corrected chi connectivity index (χ0v) is 21.3. The number of benzene rings is 1. The van der Waals surface area contributed by atoms with Crippen LogP contribution in [0.5, 0.6) is 0 Å². The van der Waals surface area contributed by atoms with Gasteiger partial charge in [0.25, 0.3) is 5.91 Å². The number of rotatable bonds is 9. The lowest BCUT2D eigenvalue weighted by atomic mass is 10.2. The SMILES string of the molecule is O=C(NCCn1ncc2c(NCc3cccs3)ncnc21)c1ccc(S(=O)(=O)N2CCCCC2)cc1. The first-order chi connectivity index (χ1) is 17.5. The number of sulfonamides is 1. The summed E-state index contributed by atoms with van der Waals surface area (Å²) in [7, 11) is -3.52. The number of nitrogens with zero attached hydrogens (tertiary/aromatic N) is 5. The number of carbonyl (C=O) groups is 1. The van der Waals surface area contributed by atoms with Crippen molar-refractivity contribution in [2.24, 2.45) is 0 Å². The van der Waals surface area contributed by atoms with Gasteiger partial charge in [-0.1, -0.05) is 12.5 Å². The van der Waals surface area contributed by atoms with Crippen LogP contribution in [0.1, 0.15) is 34.5 Å². The second kappa shape index (κ2) is 10.7. The average molecular weight is 526 g/mol. The van der Waals surface area contributed by atoms with Gasteiger partial charge in [0, 0.05) is 30.1 Å². The van der Waals surface area contributed by atoms with Crippen molar-refractivity contribution >= 4 is 44.1 Å². The zero-order chi connectivity index (χ0) is 25.0. The number of hydrogen-bond acceptors (Lipinski definition) is 8. The van der Waals surface area contributed by atoms with Gasteiger partial charge in [0.15, 0.2) is 5.65 Å². The Kier molecular flexibility index (Phi) is 7.25. The van der Waals surface area contributed by atoms with Crippen molar-refractivity contribution in [1.29, 1.82) is 0 Å². The number of piperidine rings is 1. The number of thiophene rings is 1. The van der Waals surface area contributed by atoms with E-state index in [2.05, 4.69) is 31.8 Å². The molecular weight excluding hydrogens is 498 g/mol. The fourth-order valence-corrected chi connectivity index (χ4v) is 6.35. The van der Waals surface area contributed by atoms with Crippen LogP contribution in [-0.2, 0) is 23.1 Å². The Hall–Kier alpha value is -3.35. The molecule has 12 heteroatoms. The Morgan fingerprint density at radius 2 is 1.86 bits per heavy atom. The van der Waals surface area contributed by atoms with Gasteiger partial charge < -0.3 is 10.6 Å². The summed E-state index contributed by atoms with van der Waals surface area (Å²) in [6.07, 6.45) is 6.03. The summed E-state index contributed by atoms with van der Waals surface area (Å²) in [6.45, 7) is 2.53. The van der Waals surface area contributed by atoms with E-state index in [0.29, 0.717) is 49.8 Å². The van der Waals surface area contributed by atoms with Gasteiger partial charge in [-0.3, -0.25) is 4.79 Å². The van der Waals surface area contributed by atoms with E-state index in [1.54, 1.807) is 34.3 Å². The highest BCUT2D eigenvalue weighted by Gasteiger charge is 2.26. The highest BCUT2D eigenvalue weighted by Crippen LogP contribution is 2.22. The van der Waals surface area contributed by atoms with Crippen LogP contribution in [0, 0.1) is 0 Å². The Morgan fingerprint density at radius 3 is 2.61 bits per heavy atom. The molecule has 5 rings (SSSR count). The van der Waals surface area contributed by atoms with E-state index in [1.807, 2.05) is 11.4 Å². The molecule has 0 aliphatic carbocycles. The van der Waals surface area contributed by atoms with Crippen LogP contribution in [0.15, 0.2) is 59.2 Å². The van der Waals surface area contributed by atoms with Gasteiger partial charge in [-0.15, -0.1) is 11.3 Å². The molecule has 0 radical (unpaired) electrons. The number of carbonyl (C=O) groups excluding carboxylic acids is 1. The topological polar surface area (TPSA) is 122 Å². The molecule has 0 unspecified atom stereocenters. The number of amides is 1. The van der Waals surface area contributed by atoms with E-state index >= 15 is 0 Å². The monoisotopic (exact) mass is 525 g/mol. The molecule has 1 aliphatic rings. The van der Waals surface area contributed by atoms with Crippen molar-refractivity contribution in [2.45, 2.75) is 37.2 Å². The normalized spacial score (nSPS) is 14.7. The van der Waals surface area contributed by atoms with E-state index < -0.39 is 10.0 Å². The Bertz CT molecular complexity index is 1430. The van der Waals surface area contributed by atoms with Gasteiger partial charge in [-0.05, 0) is 48.6 Å². The lowest BCUT2D eigenvalue weighted by Crippen LogP contribution is -2.35. The van der Waals surface area contributed by atoms with Gasteiger partial charge in [0.1, 0.15) is 12.1 Å². The summed E-state index contributed by atoms with van der Waals surface area (Å²) in [5, 5.41) is 13.4. The van der Waals surface area contributed by atoms with E-state index in [1.165, 1.54) is 27.6 Å². The number of hydrogen-bond donors (Lipinski definition) is 2. The highest BCUT2D eigenvalue weighted by molar-refractivity contribution is 7.89. The highest BCUT2D eigenvalue weighted by atomic mass is 32.2. The van der Waals surface area contributed by atoms with Crippen LogP contribution < -0.4 is 10.6 Å². The molecule has 2 N–H and O–H groups in total. The van der Waals surface area contributed by atoms with Crippen molar-refractivity contribution in [3.63, 3.8) is 0 Å². The molecule has 1 saturated heterocycles. The predicted octanol–water partition coefficient (Wildman–Crippen LogP) is 3.10. The van der Waals surface area contributed by atoms with Crippen LogP contribution >= 0.6 is 11.3 Å². The smallest absolute Gasteiger partial charge is 0.251 e. The number of nitrogens with one attached hydrogen (secondary N) is 2. The molecule has 1 fully saturated rings. The second-order valence-corrected chi connectivity index (χ2v) is 11.5. The summed E-state index contributed by atoms with van der Waals surface area (Å²) in [4.78, 5) is 22.7. The second-order valence-electron chi connectivity index (χ2n) is 8.51. The van der Waals surface area contributed by atoms with Gasteiger partial charge in [0.05, 0.1) is 29.6 Å². The van der Waals surface area contributed by atoms with Crippen LogP contribution in [-0.4, -0.2) is 58.0 Å². The van der Waals surface area contributed by atoms with Crippen molar-refractivity contribution < 1.29 is 13.2 Å². The molecule has 3 aromatic heterocycles. The fourth-order valence-electron chi connectivity index (χ4n) is 4.19. The van der Waals surface area contributed by atoms with Crippen molar-refractivity contribution in [3.8, 4) is 0 Å². The summed E-state index contributed by atoms with van der Waals surface area (Å²) >= 11 is 1.67. The van der Waals surface area contributed by atoms with E-state index in [4.69, 9.17) is 0 Å². The zero-order valence-electron chi connectivity index (χ0n) is 19.6. The van der Waals surface area contributed by atoms with E-state index in [-0.39, 0.29) is 10.8 Å². The number of anilines is 1. The van der Waals surface area contributed by atoms with Crippen LogP contribution in [0.4, 0.5) is 5.82 Å². The van der Waals surface area contributed by atoms with Crippen LogP contribution in [0.3, 0.4) is 0 Å². The molecule has 10 nitrogen and oxygen atoms in total. The maximum absolute atomic E-state index is 12.8. The van der Waals surface area contributed by atoms with Crippen molar-refractivity contribution in [2.75, 3.05) is 25.0 Å². The minimum absolute atomic E-state index is 0.215. The molecule has 36 heavy (non-hydrogen) atoms. The molecule has 0 spiro atoms. The maximum Gasteiger partial charge on any atom is 0.251 e. The lowest BCUT2D eigenvalue weighted by Gasteiger charge is -2.25. The van der Waals surface area contributed by atoms with E-state index in [0.717, 1.165) is 24.6 Å². The molecule has 0 saturated carbocycles. The molecule has 188 valence electrons. The maximum atomic E-state index is 12.8. The minimum Gasteiger partial charge on any atom is -0.364 e. The molecule has 4 heterocycles. The predicted molar refractivity (Wildman–Crippen MR) is 138 cm³/mol. The average Bonchev–Trinajstić information content (AvgIpc) is 3.58. The van der Waals surface area contributed by atoms with Gasteiger partial charge >= 0.3 is 0 Å². The summed E-state index contributed by atoms with van der Waals surface area (Å²) < 4.78 is 28.9. The summed E-state index contributed by atoms with van der Waals surface area (Å²) in [5.74, 6) is 0.435. The van der Waals surface area contributed by atoms with Gasteiger partial charge in [0.2, 0.25) is 10.0 Å². The summed E-state index contributed by atoms with van der Waals surface area (Å²) in [6, 6.07) is 10.2. The molecule has 1 amide bonds. The minimum atomic E-state index is -3.52. The Labute approximate surface area is 213 Å². The third kappa shape index (κ3) is 5.25. The third-order valence-electron chi connectivity index (χ3n) is 6.12. The van der Waals surface area contributed by atoms with E-state index in [9.17, 15) is 13.2 Å². The Balaban J connectivity index is 1.18. The standard InChI is InChI=1S/C24H27N7O3S2/c32-24(18-6-8-20(9-7-18)36(33,34)30-11-2-1-3-12-30)25-10-13-31-23-21(16-29-31)22(27-17-28-23)26-15-19-5-4-14-35-19/h4-9,14,16-17H,1-3,10-13,15H2,(H,25,32)(H,26,27,28). The van der Waals surface area contributed by atoms with Crippen LogP contribution in [0.25, 0.3) is 11.0 Å². The first-order valence-corrected chi connectivity index (χ1v) is 14.2. The van der Waals surface area contributed by atoms with Crippen molar-refractivity contribution in [1.82, 2.24) is 29.4 Å². The largest absolute Gasteiger partial charge is 0.364 e. The first kappa shape index (κ1) is 24.3. The fraction of sp³-hybridized carbons (Fsp3) is 0.333. The molecule has 1 aliphatic heterocycles. The van der Waals surface area contributed by atoms with Crippen LogP contribution in [0.2, 0.25) is 0 Å². The lowest BCUT2D eigenvalue weighted by molar-refractivity contribution is 0.0952. The quantitative estimate of drug-likeness (QED) is 0.344. The Morgan fingerprint density at radius 1 is 1.06 bits per heavy atom. The molecule has 1 aromatic carbocycles. The molecular formula is C24H27N7O3S2. The molecule has 0 bridgehead atoms. The summed E-state index contributed by atoms with van der Waals surface area (Å²) in [5.41, 5.74) is 1.08. The van der Waals surface area contributed by atoms with Gasteiger partial charge in [-0.2, -0.15) is 9.40 Å². The molecule has 0 atom stereocenters. The number of fused-ring (bicyclic) bond motifs is 1. The van der Waals surface area contributed by atoms with Crippen molar-refractivity contribution in [3.05, 3.63) is 64.7 Å². The first-order valence-electron chi connectivity index (χ1n) is 11.8.